The van der Waals surface area contributed by atoms with Crippen LogP contribution in [0.5, 0.6) is 0 Å². The standard InChI is InChI=1S/C23H18F3N3O2/c1-15-7-9-19(28-22(31)17-5-2-6-18(12-17)23(24,25)26)13-20(15)29-21(30)10-8-16-4-3-11-27-14-16/h2-14H,1H3,(H,28,31)(H,29,30). The van der Waals surface area contributed by atoms with Crippen LogP contribution in [-0.2, 0) is 11.0 Å². The Morgan fingerprint density at radius 2 is 1.81 bits per heavy atom. The van der Waals surface area contributed by atoms with Crippen molar-refractivity contribution in [1.82, 2.24) is 4.98 Å². The average molecular weight is 425 g/mol. The number of halogens is 3. The molecule has 1 aromatic heterocycles. The summed E-state index contributed by atoms with van der Waals surface area (Å²) in [5, 5.41) is 5.27. The van der Waals surface area contributed by atoms with Gasteiger partial charge in [-0.25, -0.2) is 0 Å². The van der Waals surface area contributed by atoms with Crippen molar-refractivity contribution in [1.29, 1.82) is 0 Å². The molecule has 3 aromatic rings. The Morgan fingerprint density at radius 3 is 2.52 bits per heavy atom. The van der Waals surface area contributed by atoms with E-state index < -0.39 is 17.6 Å². The van der Waals surface area contributed by atoms with Crippen molar-refractivity contribution in [2.75, 3.05) is 10.6 Å². The lowest BCUT2D eigenvalue weighted by Gasteiger charge is -2.12. The van der Waals surface area contributed by atoms with Gasteiger partial charge in [0, 0.05) is 35.4 Å². The van der Waals surface area contributed by atoms with E-state index in [1.165, 1.54) is 24.3 Å². The zero-order chi connectivity index (χ0) is 22.4. The summed E-state index contributed by atoms with van der Waals surface area (Å²) < 4.78 is 38.6. The molecule has 8 heteroatoms. The first-order chi connectivity index (χ1) is 14.7. The lowest BCUT2D eigenvalue weighted by molar-refractivity contribution is -0.137. The smallest absolute Gasteiger partial charge is 0.322 e. The van der Waals surface area contributed by atoms with Crippen LogP contribution >= 0.6 is 0 Å². The second-order valence-electron chi connectivity index (χ2n) is 6.67. The first-order valence-electron chi connectivity index (χ1n) is 9.21. The molecule has 2 amide bonds. The minimum atomic E-state index is -4.54. The van der Waals surface area contributed by atoms with Crippen molar-refractivity contribution >= 4 is 29.3 Å². The fourth-order valence-electron chi connectivity index (χ4n) is 2.70. The number of hydrogen-bond acceptors (Lipinski definition) is 3. The minimum absolute atomic E-state index is 0.125. The number of rotatable bonds is 5. The number of carbonyl (C=O) groups is 2. The normalized spacial score (nSPS) is 11.4. The first kappa shape index (κ1) is 21.8. The first-order valence-corrected chi connectivity index (χ1v) is 9.21. The van der Waals surface area contributed by atoms with E-state index in [4.69, 9.17) is 0 Å². The van der Waals surface area contributed by atoms with E-state index in [1.807, 2.05) is 0 Å². The molecule has 0 saturated carbocycles. The number of anilines is 2. The number of amides is 2. The lowest BCUT2D eigenvalue weighted by Crippen LogP contribution is -2.15. The van der Waals surface area contributed by atoms with Gasteiger partial charge in [0.15, 0.2) is 0 Å². The predicted molar refractivity (Wildman–Crippen MR) is 112 cm³/mol. The van der Waals surface area contributed by atoms with Gasteiger partial charge >= 0.3 is 6.18 Å². The molecular weight excluding hydrogens is 407 g/mol. The monoisotopic (exact) mass is 425 g/mol. The fourth-order valence-corrected chi connectivity index (χ4v) is 2.70. The van der Waals surface area contributed by atoms with Gasteiger partial charge in [0.2, 0.25) is 5.91 Å². The molecule has 5 nitrogen and oxygen atoms in total. The number of aromatic nitrogens is 1. The SMILES string of the molecule is Cc1ccc(NC(=O)c2cccc(C(F)(F)F)c2)cc1NC(=O)C=Cc1cccnc1. The summed E-state index contributed by atoms with van der Waals surface area (Å²) in [7, 11) is 0. The second kappa shape index (κ2) is 9.25. The molecule has 0 aliphatic heterocycles. The maximum Gasteiger partial charge on any atom is 0.416 e. The van der Waals surface area contributed by atoms with E-state index in [-0.39, 0.29) is 11.5 Å². The Morgan fingerprint density at radius 1 is 1.00 bits per heavy atom. The average Bonchev–Trinajstić information content (AvgIpc) is 2.75. The summed E-state index contributed by atoms with van der Waals surface area (Å²) in [5.41, 5.74) is 1.27. The number of nitrogens with zero attached hydrogens (tertiary/aromatic N) is 1. The van der Waals surface area contributed by atoms with Crippen LogP contribution in [0.15, 0.2) is 73.1 Å². The number of hydrogen-bond donors (Lipinski definition) is 2. The Balaban J connectivity index is 1.71. The van der Waals surface area contributed by atoms with Gasteiger partial charge in [-0.2, -0.15) is 13.2 Å². The number of pyridine rings is 1. The zero-order valence-corrected chi connectivity index (χ0v) is 16.4. The van der Waals surface area contributed by atoms with Gasteiger partial charge in [0.25, 0.3) is 5.91 Å². The molecular formula is C23H18F3N3O2. The van der Waals surface area contributed by atoms with E-state index in [9.17, 15) is 22.8 Å². The zero-order valence-electron chi connectivity index (χ0n) is 16.4. The van der Waals surface area contributed by atoms with Crippen molar-refractivity contribution < 1.29 is 22.8 Å². The van der Waals surface area contributed by atoms with E-state index in [2.05, 4.69) is 15.6 Å². The molecule has 0 spiro atoms. The van der Waals surface area contributed by atoms with E-state index >= 15 is 0 Å². The molecule has 1 heterocycles. The minimum Gasteiger partial charge on any atom is -0.322 e. The van der Waals surface area contributed by atoms with Gasteiger partial charge < -0.3 is 10.6 Å². The highest BCUT2D eigenvalue weighted by molar-refractivity contribution is 6.06. The van der Waals surface area contributed by atoms with E-state index in [1.54, 1.807) is 49.7 Å². The van der Waals surface area contributed by atoms with Gasteiger partial charge in [-0.3, -0.25) is 14.6 Å². The molecule has 0 bridgehead atoms. The second-order valence-corrected chi connectivity index (χ2v) is 6.67. The highest BCUT2D eigenvalue weighted by atomic mass is 19.4. The molecule has 3 rings (SSSR count). The van der Waals surface area contributed by atoms with Crippen LogP contribution in [0.3, 0.4) is 0 Å². The third-order valence-corrected chi connectivity index (χ3v) is 4.32. The number of alkyl halides is 3. The maximum absolute atomic E-state index is 12.9. The summed E-state index contributed by atoms with van der Waals surface area (Å²) in [5.74, 6) is -1.07. The lowest BCUT2D eigenvalue weighted by atomic mass is 10.1. The predicted octanol–water partition coefficient (Wildman–Crippen LogP) is 5.31. The van der Waals surface area contributed by atoms with Crippen LogP contribution in [0.4, 0.5) is 24.5 Å². The number of nitrogens with one attached hydrogen (secondary N) is 2. The van der Waals surface area contributed by atoms with Crippen molar-refractivity contribution in [2.45, 2.75) is 13.1 Å². The number of benzene rings is 2. The summed E-state index contributed by atoms with van der Waals surface area (Å²) in [6.07, 6.45) is 1.65. The molecule has 0 atom stereocenters. The highest BCUT2D eigenvalue weighted by Crippen LogP contribution is 2.30. The number of carbonyl (C=O) groups excluding carboxylic acids is 2. The van der Waals surface area contributed by atoms with Crippen LogP contribution < -0.4 is 10.6 Å². The van der Waals surface area contributed by atoms with Crippen molar-refractivity contribution in [3.63, 3.8) is 0 Å². The topological polar surface area (TPSA) is 71.1 Å². The van der Waals surface area contributed by atoms with Gasteiger partial charge in [0.1, 0.15) is 0 Å². The molecule has 0 aliphatic carbocycles. The molecule has 0 aliphatic rings. The van der Waals surface area contributed by atoms with Crippen LogP contribution in [0.2, 0.25) is 0 Å². The molecule has 2 aromatic carbocycles. The van der Waals surface area contributed by atoms with Gasteiger partial charge in [-0.1, -0.05) is 18.2 Å². The Hall–Kier alpha value is -3.94. The van der Waals surface area contributed by atoms with Gasteiger partial charge in [0.05, 0.1) is 5.56 Å². The van der Waals surface area contributed by atoms with Crippen molar-refractivity contribution in [3.8, 4) is 0 Å². The summed E-state index contributed by atoms with van der Waals surface area (Å²) in [6, 6.07) is 12.5. The molecule has 158 valence electrons. The maximum atomic E-state index is 12.9. The van der Waals surface area contributed by atoms with E-state index in [0.717, 1.165) is 23.3 Å². The van der Waals surface area contributed by atoms with Crippen LogP contribution in [0.25, 0.3) is 6.08 Å². The molecule has 31 heavy (non-hydrogen) atoms. The van der Waals surface area contributed by atoms with Crippen LogP contribution in [0, 0.1) is 6.92 Å². The molecule has 0 unspecified atom stereocenters. The third kappa shape index (κ3) is 6.02. The summed E-state index contributed by atoms with van der Waals surface area (Å²) in [6.45, 7) is 1.78. The van der Waals surface area contributed by atoms with E-state index in [0.29, 0.717) is 11.4 Å². The van der Waals surface area contributed by atoms with Crippen LogP contribution in [0.1, 0.15) is 27.0 Å². The summed E-state index contributed by atoms with van der Waals surface area (Å²) in [4.78, 5) is 28.6. The Labute approximate surface area is 176 Å². The van der Waals surface area contributed by atoms with Gasteiger partial charge in [-0.15, -0.1) is 0 Å². The third-order valence-electron chi connectivity index (χ3n) is 4.32. The largest absolute Gasteiger partial charge is 0.416 e. The van der Waals surface area contributed by atoms with Gasteiger partial charge in [-0.05, 0) is 60.5 Å². The molecule has 0 radical (unpaired) electrons. The van der Waals surface area contributed by atoms with Crippen LogP contribution in [-0.4, -0.2) is 16.8 Å². The van der Waals surface area contributed by atoms with Crippen molar-refractivity contribution in [3.05, 3.63) is 95.3 Å². The highest BCUT2D eigenvalue weighted by Gasteiger charge is 2.30. The molecule has 0 saturated heterocycles. The summed E-state index contributed by atoms with van der Waals surface area (Å²) >= 11 is 0. The quantitative estimate of drug-likeness (QED) is 0.544. The Bertz CT molecular complexity index is 1130. The fraction of sp³-hybridized carbons (Fsp3) is 0.0870. The van der Waals surface area contributed by atoms with Crippen molar-refractivity contribution in [2.24, 2.45) is 0 Å². The molecule has 2 N–H and O–H groups in total. The Kier molecular flexibility index (Phi) is 6.49. The number of aryl methyl sites for hydroxylation is 1. The molecule has 0 fully saturated rings.